The molecule has 10 nitrogen and oxygen atoms in total. The predicted molar refractivity (Wildman–Crippen MR) is 113 cm³/mol. The molecule has 1 aromatic carbocycles. The van der Waals surface area contributed by atoms with Crippen LogP contribution in [0.15, 0.2) is 24.3 Å². The van der Waals surface area contributed by atoms with Gasteiger partial charge < -0.3 is 21.1 Å². The SMILES string of the molecule is Cc1ccc(Nc2nc(NCC(C)(C)N3CCOCC3)nc(N)c2[N+](=O)[O-])cc1. The van der Waals surface area contributed by atoms with Gasteiger partial charge in [-0.05, 0) is 32.9 Å². The van der Waals surface area contributed by atoms with Gasteiger partial charge in [0.1, 0.15) is 0 Å². The molecule has 0 saturated carbocycles. The largest absolute Gasteiger partial charge is 0.379 e. The number of nitrogens with zero attached hydrogens (tertiary/aromatic N) is 4. The third kappa shape index (κ3) is 5.09. The van der Waals surface area contributed by atoms with Crippen molar-refractivity contribution in [2.75, 3.05) is 49.2 Å². The minimum absolute atomic E-state index is 0.0537. The number of hydrogen-bond acceptors (Lipinski definition) is 9. The van der Waals surface area contributed by atoms with E-state index in [1.807, 2.05) is 31.2 Å². The van der Waals surface area contributed by atoms with Crippen LogP contribution in [0.3, 0.4) is 0 Å². The molecule has 0 radical (unpaired) electrons. The first-order valence-corrected chi connectivity index (χ1v) is 9.48. The van der Waals surface area contributed by atoms with Crippen molar-refractivity contribution in [2.45, 2.75) is 26.3 Å². The number of nitrogens with one attached hydrogen (secondary N) is 2. The van der Waals surface area contributed by atoms with Crippen molar-refractivity contribution >= 4 is 29.0 Å². The quantitative estimate of drug-likeness (QED) is 0.473. The van der Waals surface area contributed by atoms with E-state index in [0.29, 0.717) is 25.4 Å². The number of nitrogen functional groups attached to an aromatic ring is 1. The molecule has 2 aromatic rings. The lowest BCUT2D eigenvalue weighted by Crippen LogP contribution is -2.53. The van der Waals surface area contributed by atoms with Crippen molar-refractivity contribution in [3.05, 3.63) is 39.9 Å². The van der Waals surface area contributed by atoms with Gasteiger partial charge in [0.05, 0.1) is 18.1 Å². The van der Waals surface area contributed by atoms with E-state index in [-0.39, 0.29) is 28.8 Å². The molecule has 1 aliphatic heterocycles. The lowest BCUT2D eigenvalue weighted by molar-refractivity contribution is -0.383. The van der Waals surface area contributed by atoms with Gasteiger partial charge >= 0.3 is 5.69 Å². The summed E-state index contributed by atoms with van der Waals surface area (Å²) in [6.45, 7) is 9.85. The third-order valence-electron chi connectivity index (χ3n) is 4.95. The van der Waals surface area contributed by atoms with Crippen molar-refractivity contribution in [3.8, 4) is 0 Å². The molecule has 0 bridgehead atoms. The Hall–Kier alpha value is -2.98. The van der Waals surface area contributed by atoms with Crippen molar-refractivity contribution in [1.29, 1.82) is 0 Å². The molecule has 29 heavy (non-hydrogen) atoms. The highest BCUT2D eigenvalue weighted by Crippen LogP contribution is 2.31. The Morgan fingerprint density at radius 3 is 2.52 bits per heavy atom. The van der Waals surface area contributed by atoms with Crippen molar-refractivity contribution in [1.82, 2.24) is 14.9 Å². The van der Waals surface area contributed by atoms with E-state index in [2.05, 4.69) is 39.3 Å². The number of benzene rings is 1. The van der Waals surface area contributed by atoms with Crippen LogP contribution in [0.1, 0.15) is 19.4 Å². The van der Waals surface area contributed by atoms with E-state index in [1.54, 1.807) is 0 Å². The molecule has 1 fully saturated rings. The highest BCUT2D eigenvalue weighted by Gasteiger charge is 2.29. The van der Waals surface area contributed by atoms with Gasteiger partial charge in [0.2, 0.25) is 17.6 Å². The van der Waals surface area contributed by atoms with Crippen LogP contribution in [-0.2, 0) is 4.74 Å². The van der Waals surface area contributed by atoms with Crippen LogP contribution in [0.2, 0.25) is 0 Å². The van der Waals surface area contributed by atoms with Gasteiger partial charge in [0.25, 0.3) is 0 Å². The molecule has 10 heteroatoms. The second kappa shape index (κ2) is 8.58. The van der Waals surface area contributed by atoms with Gasteiger partial charge in [-0.2, -0.15) is 9.97 Å². The van der Waals surface area contributed by atoms with E-state index in [0.717, 1.165) is 18.7 Å². The average molecular weight is 401 g/mol. The predicted octanol–water partition coefficient (Wildman–Crippen LogP) is 2.54. The number of ether oxygens (including phenoxy) is 1. The van der Waals surface area contributed by atoms with Gasteiger partial charge in [-0.3, -0.25) is 15.0 Å². The minimum Gasteiger partial charge on any atom is -0.379 e. The molecule has 0 amide bonds. The van der Waals surface area contributed by atoms with Crippen LogP contribution in [0, 0.1) is 17.0 Å². The Balaban J connectivity index is 1.81. The normalized spacial score (nSPS) is 15.1. The fourth-order valence-corrected chi connectivity index (χ4v) is 3.17. The Bertz CT molecular complexity index is 865. The lowest BCUT2D eigenvalue weighted by Gasteiger charge is -2.40. The number of nitro groups is 1. The summed E-state index contributed by atoms with van der Waals surface area (Å²) in [5.41, 5.74) is 7.13. The molecule has 0 spiro atoms. The van der Waals surface area contributed by atoms with Gasteiger partial charge in [-0.25, -0.2) is 0 Å². The summed E-state index contributed by atoms with van der Waals surface area (Å²) in [6.07, 6.45) is 0. The zero-order chi connectivity index (χ0) is 21.0. The zero-order valence-corrected chi connectivity index (χ0v) is 16.9. The second-order valence-electron chi connectivity index (χ2n) is 7.64. The Labute approximate surface area is 169 Å². The topological polar surface area (TPSA) is 131 Å². The molecule has 3 rings (SSSR count). The van der Waals surface area contributed by atoms with Gasteiger partial charge in [0, 0.05) is 30.9 Å². The summed E-state index contributed by atoms with van der Waals surface area (Å²) < 4.78 is 5.41. The molecular formula is C19H27N7O3. The maximum absolute atomic E-state index is 11.5. The van der Waals surface area contributed by atoms with E-state index in [1.165, 1.54) is 0 Å². The number of aryl methyl sites for hydroxylation is 1. The maximum Gasteiger partial charge on any atom is 0.353 e. The fraction of sp³-hybridized carbons (Fsp3) is 0.474. The number of aromatic nitrogens is 2. The zero-order valence-electron chi connectivity index (χ0n) is 16.9. The van der Waals surface area contributed by atoms with E-state index < -0.39 is 4.92 Å². The Morgan fingerprint density at radius 1 is 1.24 bits per heavy atom. The monoisotopic (exact) mass is 401 g/mol. The molecule has 156 valence electrons. The molecule has 0 atom stereocenters. The number of morpholine rings is 1. The molecule has 1 aromatic heterocycles. The molecule has 1 aliphatic rings. The first-order chi connectivity index (χ1) is 13.8. The summed E-state index contributed by atoms with van der Waals surface area (Å²) in [5.74, 6) is 0.105. The Kier molecular flexibility index (Phi) is 6.14. The molecule has 0 aliphatic carbocycles. The van der Waals surface area contributed by atoms with Crippen LogP contribution in [-0.4, -0.2) is 58.2 Å². The molecular weight excluding hydrogens is 374 g/mol. The highest BCUT2D eigenvalue weighted by molar-refractivity contribution is 5.74. The van der Waals surface area contributed by atoms with E-state index in [9.17, 15) is 10.1 Å². The van der Waals surface area contributed by atoms with E-state index in [4.69, 9.17) is 10.5 Å². The highest BCUT2D eigenvalue weighted by atomic mass is 16.6. The number of nitrogens with two attached hydrogens (primary N) is 1. The van der Waals surface area contributed by atoms with Crippen molar-refractivity contribution in [2.24, 2.45) is 0 Å². The number of rotatable bonds is 7. The van der Waals surface area contributed by atoms with Crippen molar-refractivity contribution < 1.29 is 9.66 Å². The number of anilines is 4. The molecule has 1 saturated heterocycles. The smallest absolute Gasteiger partial charge is 0.353 e. The van der Waals surface area contributed by atoms with Gasteiger partial charge in [-0.1, -0.05) is 17.7 Å². The number of hydrogen-bond donors (Lipinski definition) is 3. The molecule has 2 heterocycles. The molecule has 0 unspecified atom stereocenters. The van der Waals surface area contributed by atoms with E-state index >= 15 is 0 Å². The van der Waals surface area contributed by atoms with Crippen LogP contribution in [0.25, 0.3) is 0 Å². The maximum atomic E-state index is 11.5. The third-order valence-corrected chi connectivity index (χ3v) is 4.95. The first-order valence-electron chi connectivity index (χ1n) is 9.48. The second-order valence-corrected chi connectivity index (χ2v) is 7.64. The standard InChI is InChI=1S/C19H27N7O3/c1-13-4-6-14(7-5-13)22-17-15(26(27)28)16(20)23-18(24-17)21-12-19(2,3)25-8-10-29-11-9-25/h4-7H,8-12H2,1-3H3,(H4,20,21,22,23,24). The first kappa shape index (κ1) is 20.7. The summed E-state index contributed by atoms with van der Waals surface area (Å²) >= 11 is 0. The lowest BCUT2D eigenvalue weighted by atomic mass is 10.0. The Morgan fingerprint density at radius 2 is 1.90 bits per heavy atom. The summed E-state index contributed by atoms with van der Waals surface area (Å²) in [5, 5.41) is 17.6. The molecule has 4 N–H and O–H groups in total. The summed E-state index contributed by atoms with van der Waals surface area (Å²) in [6, 6.07) is 7.46. The van der Waals surface area contributed by atoms with Crippen LogP contribution in [0.5, 0.6) is 0 Å². The minimum atomic E-state index is -0.576. The van der Waals surface area contributed by atoms with Crippen LogP contribution in [0.4, 0.5) is 29.0 Å². The average Bonchev–Trinajstić information content (AvgIpc) is 2.68. The van der Waals surface area contributed by atoms with Crippen molar-refractivity contribution in [3.63, 3.8) is 0 Å². The fourth-order valence-electron chi connectivity index (χ4n) is 3.17. The van der Waals surface area contributed by atoms with Crippen LogP contribution < -0.4 is 16.4 Å². The van der Waals surface area contributed by atoms with Gasteiger partial charge in [0.15, 0.2) is 0 Å². The van der Waals surface area contributed by atoms with Crippen LogP contribution >= 0.6 is 0 Å². The summed E-state index contributed by atoms with van der Waals surface area (Å²) in [7, 11) is 0. The van der Waals surface area contributed by atoms with Gasteiger partial charge in [-0.15, -0.1) is 0 Å². The summed E-state index contributed by atoms with van der Waals surface area (Å²) in [4.78, 5) is 21.6.